The number of primary amides is 2. The number of nitrogens with two attached hydrogens (primary N) is 2. The molecular formula is C14H13N3O2. The molecule has 0 atom stereocenters. The highest BCUT2D eigenvalue weighted by Gasteiger charge is 2.14. The normalized spacial score (nSPS) is 10.2. The average molecular weight is 255 g/mol. The van der Waals surface area contributed by atoms with Crippen LogP contribution >= 0.6 is 0 Å². The number of aromatic nitrogens is 1. The van der Waals surface area contributed by atoms with Crippen molar-refractivity contribution in [1.82, 2.24) is 4.98 Å². The summed E-state index contributed by atoms with van der Waals surface area (Å²) in [5, 5.41) is 0. The minimum Gasteiger partial charge on any atom is -0.364 e. The van der Waals surface area contributed by atoms with Crippen LogP contribution in [0.5, 0.6) is 0 Å². The molecule has 2 rings (SSSR count). The van der Waals surface area contributed by atoms with E-state index >= 15 is 0 Å². The summed E-state index contributed by atoms with van der Waals surface area (Å²) in [4.78, 5) is 26.4. The molecule has 0 aliphatic rings. The van der Waals surface area contributed by atoms with Crippen LogP contribution in [0.2, 0.25) is 0 Å². The molecule has 19 heavy (non-hydrogen) atoms. The number of amides is 2. The molecule has 1 heterocycles. The van der Waals surface area contributed by atoms with Crippen molar-refractivity contribution in [2.75, 3.05) is 0 Å². The first-order valence-electron chi connectivity index (χ1n) is 5.66. The lowest BCUT2D eigenvalue weighted by Gasteiger charge is -2.07. The molecule has 0 saturated carbocycles. The first kappa shape index (κ1) is 12.8. The maximum Gasteiger partial charge on any atom is 0.267 e. The van der Waals surface area contributed by atoms with E-state index in [0.29, 0.717) is 5.56 Å². The first-order chi connectivity index (χ1) is 8.99. The number of carbonyl (C=O) groups excluding carboxylic acids is 2. The Morgan fingerprint density at radius 2 is 1.58 bits per heavy atom. The van der Waals surface area contributed by atoms with Crippen molar-refractivity contribution in [2.45, 2.75) is 6.92 Å². The number of hydrogen-bond acceptors (Lipinski definition) is 3. The van der Waals surface area contributed by atoms with Crippen molar-refractivity contribution in [3.63, 3.8) is 0 Å². The number of pyridine rings is 1. The predicted octanol–water partition coefficient (Wildman–Crippen LogP) is 1.25. The highest BCUT2D eigenvalue weighted by Crippen LogP contribution is 2.23. The first-order valence-corrected chi connectivity index (χ1v) is 5.66. The molecule has 5 nitrogen and oxygen atoms in total. The average Bonchev–Trinajstić information content (AvgIpc) is 2.38. The van der Waals surface area contributed by atoms with E-state index in [9.17, 15) is 9.59 Å². The maximum atomic E-state index is 11.4. The van der Waals surface area contributed by atoms with Crippen molar-refractivity contribution >= 4 is 11.8 Å². The molecule has 2 amide bonds. The van der Waals surface area contributed by atoms with Gasteiger partial charge in [0, 0.05) is 5.56 Å². The van der Waals surface area contributed by atoms with Gasteiger partial charge in [-0.25, -0.2) is 4.98 Å². The largest absolute Gasteiger partial charge is 0.364 e. The van der Waals surface area contributed by atoms with Crippen LogP contribution in [-0.4, -0.2) is 16.8 Å². The number of carbonyl (C=O) groups is 2. The summed E-state index contributed by atoms with van der Waals surface area (Å²) < 4.78 is 0. The van der Waals surface area contributed by atoms with E-state index in [-0.39, 0.29) is 11.4 Å². The Morgan fingerprint density at radius 3 is 2.11 bits per heavy atom. The van der Waals surface area contributed by atoms with Crippen molar-refractivity contribution in [3.8, 4) is 11.1 Å². The summed E-state index contributed by atoms with van der Waals surface area (Å²) in [5.41, 5.74) is 13.0. The fourth-order valence-electron chi connectivity index (χ4n) is 1.75. The summed E-state index contributed by atoms with van der Waals surface area (Å²) in [6.07, 6.45) is 0. The second-order valence-corrected chi connectivity index (χ2v) is 4.19. The summed E-state index contributed by atoms with van der Waals surface area (Å²) in [7, 11) is 0. The summed E-state index contributed by atoms with van der Waals surface area (Å²) in [6, 6.07) is 10.7. The van der Waals surface area contributed by atoms with E-state index < -0.39 is 11.8 Å². The molecule has 0 saturated heterocycles. The maximum absolute atomic E-state index is 11.4. The highest BCUT2D eigenvalue weighted by molar-refractivity contribution is 6.00. The highest BCUT2D eigenvalue weighted by atomic mass is 16.1. The van der Waals surface area contributed by atoms with Gasteiger partial charge in [-0.3, -0.25) is 9.59 Å². The van der Waals surface area contributed by atoms with Gasteiger partial charge in [0.25, 0.3) is 11.8 Å². The molecular weight excluding hydrogens is 242 g/mol. The third-order valence-corrected chi connectivity index (χ3v) is 2.74. The van der Waals surface area contributed by atoms with Gasteiger partial charge in [-0.2, -0.15) is 0 Å². The molecule has 0 radical (unpaired) electrons. The SMILES string of the molecule is Cc1ccc(-c2ccc(C(N)=O)nc2C(N)=O)cc1. The second-order valence-electron chi connectivity index (χ2n) is 4.19. The number of hydrogen-bond donors (Lipinski definition) is 2. The zero-order chi connectivity index (χ0) is 14.0. The smallest absolute Gasteiger partial charge is 0.267 e. The third-order valence-electron chi connectivity index (χ3n) is 2.74. The molecule has 0 bridgehead atoms. The van der Waals surface area contributed by atoms with Crippen LogP contribution in [0.4, 0.5) is 0 Å². The fourth-order valence-corrected chi connectivity index (χ4v) is 1.75. The Bertz CT molecular complexity index is 648. The van der Waals surface area contributed by atoms with E-state index in [4.69, 9.17) is 11.5 Å². The minimum atomic E-state index is -0.696. The molecule has 0 aliphatic heterocycles. The third kappa shape index (κ3) is 2.60. The predicted molar refractivity (Wildman–Crippen MR) is 71.4 cm³/mol. The van der Waals surface area contributed by atoms with Gasteiger partial charge >= 0.3 is 0 Å². The summed E-state index contributed by atoms with van der Waals surface area (Å²) >= 11 is 0. The van der Waals surface area contributed by atoms with E-state index in [0.717, 1.165) is 11.1 Å². The lowest BCUT2D eigenvalue weighted by atomic mass is 10.0. The van der Waals surface area contributed by atoms with Crippen LogP contribution in [-0.2, 0) is 0 Å². The van der Waals surface area contributed by atoms with E-state index in [1.165, 1.54) is 6.07 Å². The Labute approximate surface area is 110 Å². The molecule has 0 spiro atoms. The van der Waals surface area contributed by atoms with Gasteiger partial charge in [-0.15, -0.1) is 0 Å². The van der Waals surface area contributed by atoms with E-state index in [1.807, 2.05) is 31.2 Å². The lowest BCUT2D eigenvalue weighted by Crippen LogP contribution is -2.19. The van der Waals surface area contributed by atoms with Crippen LogP contribution in [0, 0.1) is 6.92 Å². The van der Waals surface area contributed by atoms with Crippen molar-refractivity contribution < 1.29 is 9.59 Å². The Balaban J connectivity index is 2.59. The zero-order valence-electron chi connectivity index (χ0n) is 10.4. The standard InChI is InChI=1S/C14H13N3O2/c1-8-2-4-9(5-3-8)10-6-7-11(13(15)18)17-12(10)14(16)19/h2-7H,1H3,(H2,15,18)(H2,16,19). The zero-order valence-corrected chi connectivity index (χ0v) is 10.4. The van der Waals surface area contributed by atoms with Crippen LogP contribution < -0.4 is 11.5 Å². The molecule has 5 heteroatoms. The number of nitrogens with zero attached hydrogens (tertiary/aromatic N) is 1. The van der Waals surface area contributed by atoms with Gasteiger partial charge in [-0.05, 0) is 24.6 Å². The van der Waals surface area contributed by atoms with Gasteiger partial charge in [0.1, 0.15) is 11.4 Å². The number of rotatable bonds is 3. The second kappa shape index (κ2) is 4.89. The van der Waals surface area contributed by atoms with E-state index in [2.05, 4.69) is 4.98 Å². The van der Waals surface area contributed by atoms with Gasteiger partial charge in [0.05, 0.1) is 0 Å². The molecule has 96 valence electrons. The summed E-state index contributed by atoms with van der Waals surface area (Å²) in [5.74, 6) is -1.39. The molecule has 1 aromatic heterocycles. The topological polar surface area (TPSA) is 99.1 Å². The number of benzene rings is 1. The van der Waals surface area contributed by atoms with Crippen molar-refractivity contribution in [1.29, 1.82) is 0 Å². The van der Waals surface area contributed by atoms with Crippen LogP contribution in [0.25, 0.3) is 11.1 Å². The van der Waals surface area contributed by atoms with Crippen LogP contribution in [0.1, 0.15) is 26.5 Å². The minimum absolute atomic E-state index is 0.0182. The molecule has 1 aromatic carbocycles. The van der Waals surface area contributed by atoms with E-state index in [1.54, 1.807) is 6.07 Å². The quantitative estimate of drug-likeness (QED) is 0.863. The van der Waals surface area contributed by atoms with Crippen LogP contribution in [0.15, 0.2) is 36.4 Å². The molecule has 0 unspecified atom stereocenters. The monoisotopic (exact) mass is 255 g/mol. The van der Waals surface area contributed by atoms with Gasteiger partial charge < -0.3 is 11.5 Å². The lowest BCUT2D eigenvalue weighted by molar-refractivity contribution is 0.0993. The van der Waals surface area contributed by atoms with Gasteiger partial charge in [0.15, 0.2) is 0 Å². The molecule has 2 aromatic rings. The summed E-state index contributed by atoms with van der Waals surface area (Å²) in [6.45, 7) is 1.97. The van der Waals surface area contributed by atoms with Crippen molar-refractivity contribution in [3.05, 3.63) is 53.3 Å². The Morgan fingerprint density at radius 1 is 0.947 bits per heavy atom. The number of aryl methyl sites for hydroxylation is 1. The van der Waals surface area contributed by atoms with Crippen LogP contribution in [0.3, 0.4) is 0 Å². The van der Waals surface area contributed by atoms with Crippen molar-refractivity contribution in [2.24, 2.45) is 11.5 Å². The Hall–Kier alpha value is -2.69. The van der Waals surface area contributed by atoms with Gasteiger partial charge in [-0.1, -0.05) is 29.8 Å². The molecule has 4 N–H and O–H groups in total. The molecule has 0 aliphatic carbocycles. The Kier molecular flexibility index (Phi) is 3.29. The molecule has 0 fully saturated rings. The fraction of sp³-hybridized carbons (Fsp3) is 0.0714. The van der Waals surface area contributed by atoms with Gasteiger partial charge in [0.2, 0.25) is 0 Å².